The number of Topliss-reactive ketones (excluding diaryl/α,β-unsaturated/α-hetero) is 1. The Morgan fingerprint density at radius 2 is 1.10 bits per heavy atom. The van der Waals surface area contributed by atoms with Crippen LogP contribution in [0.5, 0.6) is 0 Å². The van der Waals surface area contributed by atoms with Crippen LogP contribution >= 0.6 is 0 Å². The largest absolute Gasteiger partial charge is 0.469 e. The highest BCUT2D eigenvalue weighted by Crippen LogP contribution is 2.29. The zero-order valence-corrected chi connectivity index (χ0v) is 24.8. The fourth-order valence-electron chi connectivity index (χ4n) is 2.66. The zero-order chi connectivity index (χ0) is 23.6. The number of ether oxygens (including phenoxy) is 2. The van der Waals surface area contributed by atoms with Crippen molar-refractivity contribution in [2.24, 2.45) is 0 Å². The van der Waals surface area contributed by atoms with Crippen molar-refractivity contribution in [3.63, 3.8) is 0 Å². The first-order chi connectivity index (χ1) is 13.5. The third-order valence-electron chi connectivity index (χ3n) is 3.37. The van der Waals surface area contributed by atoms with Crippen molar-refractivity contribution in [3.05, 3.63) is 0 Å². The van der Waals surface area contributed by atoms with E-state index in [1.807, 2.05) is 0 Å². The lowest BCUT2D eigenvalue weighted by Crippen LogP contribution is -2.60. The van der Waals surface area contributed by atoms with E-state index in [0.717, 1.165) is 12.5 Å². The lowest BCUT2D eigenvalue weighted by Gasteiger charge is -2.42. The van der Waals surface area contributed by atoms with Gasteiger partial charge in [0.2, 0.25) is 5.78 Å². The predicted molar refractivity (Wildman–Crippen MR) is 130 cm³/mol. The molecular formula is C19H44O7Si4. The lowest BCUT2D eigenvalue weighted by molar-refractivity contribution is -0.154. The Morgan fingerprint density at radius 1 is 0.667 bits per heavy atom. The first-order valence-corrected chi connectivity index (χ1v) is 23.0. The molecule has 0 aliphatic rings. The second-order valence-electron chi connectivity index (χ2n) is 10.3. The van der Waals surface area contributed by atoms with Crippen LogP contribution in [0.1, 0.15) is 26.2 Å². The first-order valence-electron chi connectivity index (χ1n) is 10.9. The molecule has 7 nitrogen and oxygen atoms in total. The van der Waals surface area contributed by atoms with Gasteiger partial charge in [-0.25, -0.2) is 4.79 Å². The molecule has 0 aliphatic carbocycles. The smallest absolute Gasteiger partial charge is 0.460 e. The molecule has 0 aliphatic heterocycles. The van der Waals surface area contributed by atoms with Gasteiger partial charge < -0.3 is 21.8 Å². The van der Waals surface area contributed by atoms with Crippen LogP contribution < -0.4 is 0 Å². The van der Waals surface area contributed by atoms with E-state index in [0.29, 0.717) is 19.6 Å². The molecule has 0 bridgehead atoms. The quantitative estimate of drug-likeness (QED) is 0.131. The van der Waals surface area contributed by atoms with E-state index in [-0.39, 0.29) is 13.0 Å². The minimum Gasteiger partial charge on any atom is -0.460 e. The van der Waals surface area contributed by atoms with Crippen molar-refractivity contribution in [2.45, 2.75) is 91.2 Å². The Morgan fingerprint density at radius 3 is 1.50 bits per heavy atom. The fraction of sp³-hybridized carbons (Fsp3) is 0.895. The highest BCUT2D eigenvalue weighted by Gasteiger charge is 2.49. The summed E-state index contributed by atoms with van der Waals surface area (Å²) in [7, 11) is -8.40. The maximum Gasteiger partial charge on any atom is 0.469 e. The van der Waals surface area contributed by atoms with Crippen molar-refractivity contribution in [2.75, 3.05) is 19.8 Å². The Labute approximate surface area is 187 Å². The molecule has 0 aromatic rings. The summed E-state index contributed by atoms with van der Waals surface area (Å²) in [4.78, 5) is 22.5. The van der Waals surface area contributed by atoms with Gasteiger partial charge in [-0.05, 0) is 65.3 Å². The molecule has 11 heteroatoms. The van der Waals surface area contributed by atoms with Crippen molar-refractivity contribution < 1.29 is 31.4 Å². The third kappa shape index (κ3) is 15.6. The van der Waals surface area contributed by atoms with Crippen LogP contribution in [0.3, 0.4) is 0 Å². The molecule has 0 amide bonds. The van der Waals surface area contributed by atoms with Crippen LogP contribution in [-0.2, 0) is 31.4 Å². The first kappa shape index (κ1) is 29.8. The molecule has 0 heterocycles. The SMILES string of the molecule is CCC(=O)C(=O)OCCCOCCC[Si](O[Si](C)(C)C)(O[Si](C)(C)C)O[Si](C)(C)C. The van der Waals surface area contributed by atoms with Crippen molar-refractivity contribution in [3.8, 4) is 0 Å². The Balaban J connectivity index is 4.70. The predicted octanol–water partition coefficient (Wildman–Crippen LogP) is 4.80. The van der Waals surface area contributed by atoms with E-state index in [1.165, 1.54) is 0 Å². The van der Waals surface area contributed by atoms with Gasteiger partial charge >= 0.3 is 14.8 Å². The number of hydrogen-bond acceptors (Lipinski definition) is 7. The maximum absolute atomic E-state index is 11.3. The molecule has 0 aromatic carbocycles. The molecule has 178 valence electrons. The molecule has 0 rings (SSSR count). The van der Waals surface area contributed by atoms with Gasteiger partial charge in [0, 0.05) is 32.1 Å². The molecule has 0 radical (unpaired) electrons. The van der Waals surface area contributed by atoms with E-state index < -0.39 is 45.5 Å². The fourth-order valence-corrected chi connectivity index (χ4v) is 17.3. The van der Waals surface area contributed by atoms with Crippen LogP contribution in [0.15, 0.2) is 0 Å². The summed E-state index contributed by atoms with van der Waals surface area (Å²) in [5.74, 6) is -1.26. The van der Waals surface area contributed by atoms with Gasteiger partial charge in [-0.2, -0.15) is 0 Å². The summed E-state index contributed by atoms with van der Waals surface area (Å²) in [6.45, 7) is 22.5. The van der Waals surface area contributed by atoms with E-state index in [2.05, 4.69) is 58.9 Å². The highest BCUT2D eigenvalue weighted by molar-refractivity contribution is 6.90. The van der Waals surface area contributed by atoms with Crippen LogP contribution in [0.25, 0.3) is 0 Å². The van der Waals surface area contributed by atoms with Crippen molar-refractivity contribution in [1.82, 2.24) is 0 Å². The molecule has 0 fully saturated rings. The van der Waals surface area contributed by atoms with Gasteiger partial charge in [-0.3, -0.25) is 4.79 Å². The maximum atomic E-state index is 11.3. The van der Waals surface area contributed by atoms with Crippen LogP contribution in [0, 0.1) is 0 Å². The molecule has 0 unspecified atom stereocenters. The summed E-state index contributed by atoms with van der Waals surface area (Å²) in [5.41, 5.74) is 0. The molecule has 0 saturated carbocycles. The summed E-state index contributed by atoms with van der Waals surface area (Å²) < 4.78 is 30.5. The second-order valence-corrected chi connectivity index (χ2v) is 27.3. The second kappa shape index (κ2) is 12.8. The number of ketones is 1. The number of rotatable bonds is 16. The van der Waals surface area contributed by atoms with Crippen molar-refractivity contribution >= 4 is 45.5 Å². The zero-order valence-electron chi connectivity index (χ0n) is 20.8. The van der Waals surface area contributed by atoms with Gasteiger partial charge in [-0.15, -0.1) is 0 Å². The van der Waals surface area contributed by atoms with Crippen LogP contribution in [0.2, 0.25) is 65.0 Å². The molecule has 0 N–H and O–H groups in total. The monoisotopic (exact) mass is 496 g/mol. The average molecular weight is 497 g/mol. The Bertz CT molecular complexity index is 496. The number of carbonyl (C=O) groups excluding carboxylic acids is 2. The number of hydrogen-bond donors (Lipinski definition) is 0. The average Bonchev–Trinajstić information content (AvgIpc) is 2.51. The van der Waals surface area contributed by atoms with Gasteiger partial charge in [0.05, 0.1) is 6.61 Å². The number of carbonyl (C=O) groups is 2. The minimum absolute atomic E-state index is 0.166. The van der Waals surface area contributed by atoms with Gasteiger partial charge in [0.15, 0.2) is 25.0 Å². The minimum atomic E-state index is -2.81. The van der Waals surface area contributed by atoms with Gasteiger partial charge in [-0.1, -0.05) is 6.92 Å². The number of esters is 1. The molecule has 30 heavy (non-hydrogen) atoms. The van der Waals surface area contributed by atoms with Gasteiger partial charge in [0.25, 0.3) is 0 Å². The molecule has 0 atom stereocenters. The van der Waals surface area contributed by atoms with E-state index in [4.69, 9.17) is 21.8 Å². The van der Waals surface area contributed by atoms with Gasteiger partial charge in [0.1, 0.15) is 0 Å². The van der Waals surface area contributed by atoms with E-state index in [9.17, 15) is 9.59 Å². The summed E-state index contributed by atoms with van der Waals surface area (Å²) in [5, 5.41) is 0. The van der Waals surface area contributed by atoms with E-state index in [1.54, 1.807) is 6.92 Å². The molecule has 0 aromatic heterocycles. The molecular weight excluding hydrogens is 453 g/mol. The van der Waals surface area contributed by atoms with Crippen molar-refractivity contribution in [1.29, 1.82) is 0 Å². The summed E-state index contributed by atoms with van der Waals surface area (Å²) in [6.07, 6.45) is 1.52. The van der Waals surface area contributed by atoms with Crippen LogP contribution in [-0.4, -0.2) is 65.3 Å². The van der Waals surface area contributed by atoms with E-state index >= 15 is 0 Å². The molecule has 0 saturated heterocycles. The normalized spacial score (nSPS) is 13.4. The Hall–Kier alpha value is -0.152. The summed E-state index contributed by atoms with van der Waals surface area (Å²) >= 11 is 0. The van der Waals surface area contributed by atoms with Crippen LogP contribution in [0.4, 0.5) is 0 Å². The topological polar surface area (TPSA) is 80.3 Å². The standard InChI is InChI=1S/C19H44O7Si4/c1-11-18(20)19(21)23-16-12-14-22-15-13-17-30(24-27(2,3)4,25-28(5,6)7)26-29(8,9)10/h11-17H2,1-10H3. The third-order valence-corrected chi connectivity index (χ3v) is 15.4. The summed E-state index contributed by atoms with van der Waals surface area (Å²) in [6, 6.07) is 0.742. The Kier molecular flexibility index (Phi) is 12.7. The molecule has 0 spiro atoms. The lowest BCUT2D eigenvalue weighted by atomic mass is 10.3. The highest BCUT2D eigenvalue weighted by atomic mass is 28.5.